The third kappa shape index (κ3) is 5.71. The summed E-state index contributed by atoms with van der Waals surface area (Å²) in [5, 5.41) is 5.66. The maximum absolute atomic E-state index is 12.7. The molecule has 156 valence electrons. The number of nitrogens with one attached hydrogen (secondary N) is 2. The lowest BCUT2D eigenvalue weighted by molar-refractivity contribution is -0.117. The molecule has 0 aliphatic rings. The van der Waals surface area contributed by atoms with Crippen LogP contribution in [-0.4, -0.2) is 37.4 Å². The number of carbonyl (C=O) groups is 2. The van der Waals surface area contributed by atoms with Crippen LogP contribution in [0.5, 0.6) is 5.75 Å². The molecule has 0 aliphatic heterocycles. The molecule has 0 atom stereocenters. The van der Waals surface area contributed by atoms with Crippen molar-refractivity contribution in [2.45, 2.75) is 13.5 Å². The summed E-state index contributed by atoms with van der Waals surface area (Å²) in [6.45, 7) is 2.55. The van der Waals surface area contributed by atoms with Crippen LogP contribution in [0, 0.1) is 6.92 Å². The molecule has 30 heavy (non-hydrogen) atoms. The van der Waals surface area contributed by atoms with Gasteiger partial charge in [0.15, 0.2) is 0 Å². The van der Waals surface area contributed by atoms with Crippen LogP contribution < -0.4 is 15.4 Å². The third-order valence-corrected chi connectivity index (χ3v) is 4.43. The van der Waals surface area contributed by atoms with Crippen LogP contribution in [0.15, 0.2) is 65.1 Å². The fourth-order valence-electron chi connectivity index (χ4n) is 2.99. The van der Waals surface area contributed by atoms with Gasteiger partial charge in [0.2, 0.25) is 5.91 Å². The molecule has 0 spiro atoms. The number of benzene rings is 2. The number of carbonyl (C=O) groups excluding carboxylic acids is 2. The van der Waals surface area contributed by atoms with Gasteiger partial charge in [0.25, 0.3) is 5.91 Å². The Kier molecular flexibility index (Phi) is 6.87. The van der Waals surface area contributed by atoms with Gasteiger partial charge in [-0.05, 0) is 62.5 Å². The Bertz CT molecular complexity index is 1010. The summed E-state index contributed by atoms with van der Waals surface area (Å²) >= 11 is 0. The number of hydrogen-bond donors (Lipinski definition) is 2. The topological polar surface area (TPSA) is 83.8 Å². The standard InChI is InChI=1S/C23H25N3O4/c1-16-8-11-19(30-16)14-26(2)15-22(27)25-21-7-5-4-6-20(21)23(28)24-17-9-12-18(29-3)13-10-17/h4-13H,14-15H2,1-3H3,(H,24,28)(H,25,27). The summed E-state index contributed by atoms with van der Waals surface area (Å²) in [4.78, 5) is 27.1. The highest BCUT2D eigenvalue weighted by Gasteiger charge is 2.15. The van der Waals surface area contributed by atoms with Crippen molar-refractivity contribution in [3.8, 4) is 5.75 Å². The van der Waals surface area contributed by atoms with E-state index in [2.05, 4.69) is 10.6 Å². The lowest BCUT2D eigenvalue weighted by Crippen LogP contribution is -2.30. The molecule has 0 radical (unpaired) electrons. The zero-order valence-electron chi connectivity index (χ0n) is 17.3. The minimum absolute atomic E-state index is 0.161. The van der Waals surface area contributed by atoms with Crippen molar-refractivity contribution in [1.82, 2.24) is 4.90 Å². The highest BCUT2D eigenvalue weighted by Crippen LogP contribution is 2.19. The van der Waals surface area contributed by atoms with Gasteiger partial charge in [-0.15, -0.1) is 0 Å². The Hall–Kier alpha value is -3.58. The van der Waals surface area contributed by atoms with E-state index in [1.165, 1.54) is 0 Å². The molecule has 7 heteroatoms. The van der Waals surface area contributed by atoms with Crippen molar-refractivity contribution in [3.63, 3.8) is 0 Å². The van der Waals surface area contributed by atoms with Crippen LogP contribution in [-0.2, 0) is 11.3 Å². The number of ether oxygens (including phenoxy) is 1. The molecule has 1 aromatic heterocycles. The van der Waals surface area contributed by atoms with E-state index >= 15 is 0 Å². The Morgan fingerprint density at radius 3 is 2.40 bits per heavy atom. The molecule has 0 unspecified atom stereocenters. The molecule has 0 saturated heterocycles. The van der Waals surface area contributed by atoms with Gasteiger partial charge in [0, 0.05) is 5.69 Å². The van der Waals surface area contributed by atoms with Gasteiger partial charge in [-0.2, -0.15) is 0 Å². The Morgan fingerprint density at radius 2 is 1.73 bits per heavy atom. The van der Waals surface area contributed by atoms with Gasteiger partial charge in [-0.3, -0.25) is 14.5 Å². The number of rotatable bonds is 8. The number of para-hydroxylation sites is 1. The number of anilines is 2. The molecule has 3 rings (SSSR count). The van der Waals surface area contributed by atoms with Gasteiger partial charge in [-0.25, -0.2) is 0 Å². The average molecular weight is 407 g/mol. The van der Waals surface area contributed by atoms with Crippen molar-refractivity contribution in [3.05, 3.63) is 77.7 Å². The summed E-state index contributed by atoms with van der Waals surface area (Å²) in [6.07, 6.45) is 0. The molecular formula is C23H25N3O4. The molecule has 0 fully saturated rings. The van der Waals surface area contributed by atoms with Crippen molar-refractivity contribution < 1.29 is 18.7 Å². The van der Waals surface area contributed by atoms with Gasteiger partial charge in [0.1, 0.15) is 17.3 Å². The first kappa shape index (κ1) is 21.1. The summed E-state index contributed by atoms with van der Waals surface area (Å²) in [6, 6.07) is 17.7. The van der Waals surface area contributed by atoms with Crippen molar-refractivity contribution in [2.75, 3.05) is 31.3 Å². The lowest BCUT2D eigenvalue weighted by Gasteiger charge is -2.16. The van der Waals surface area contributed by atoms with Crippen LogP contribution in [0.1, 0.15) is 21.9 Å². The molecule has 0 saturated carbocycles. The van der Waals surface area contributed by atoms with E-state index in [4.69, 9.17) is 9.15 Å². The second-order valence-electron chi connectivity index (χ2n) is 6.96. The highest BCUT2D eigenvalue weighted by atomic mass is 16.5. The summed E-state index contributed by atoms with van der Waals surface area (Å²) in [5.41, 5.74) is 1.47. The second-order valence-corrected chi connectivity index (χ2v) is 6.96. The van der Waals surface area contributed by atoms with E-state index in [0.29, 0.717) is 29.2 Å². The first-order valence-corrected chi connectivity index (χ1v) is 9.53. The fraction of sp³-hybridized carbons (Fsp3) is 0.217. The number of likely N-dealkylation sites (N-methyl/N-ethyl adjacent to an activating group) is 1. The zero-order chi connectivity index (χ0) is 21.5. The van der Waals surface area contributed by atoms with E-state index in [1.807, 2.05) is 31.0 Å². The maximum Gasteiger partial charge on any atom is 0.257 e. The molecule has 0 aliphatic carbocycles. The molecule has 2 N–H and O–H groups in total. The SMILES string of the molecule is COc1ccc(NC(=O)c2ccccc2NC(=O)CN(C)Cc2ccc(C)o2)cc1. The minimum Gasteiger partial charge on any atom is -0.497 e. The first-order valence-electron chi connectivity index (χ1n) is 9.53. The third-order valence-electron chi connectivity index (χ3n) is 4.43. The first-order chi connectivity index (χ1) is 14.4. The summed E-state index contributed by atoms with van der Waals surface area (Å²) in [7, 11) is 3.42. The van der Waals surface area contributed by atoms with Crippen LogP contribution in [0.2, 0.25) is 0 Å². The normalized spacial score (nSPS) is 10.7. The van der Waals surface area contributed by atoms with E-state index in [1.54, 1.807) is 55.6 Å². The van der Waals surface area contributed by atoms with E-state index in [9.17, 15) is 9.59 Å². The fourth-order valence-corrected chi connectivity index (χ4v) is 2.99. The van der Waals surface area contributed by atoms with E-state index in [-0.39, 0.29) is 18.4 Å². The molecule has 2 amide bonds. The Morgan fingerprint density at radius 1 is 1.00 bits per heavy atom. The summed E-state index contributed by atoms with van der Waals surface area (Å²) in [5.74, 6) is 1.80. The smallest absolute Gasteiger partial charge is 0.257 e. The Balaban J connectivity index is 1.62. The van der Waals surface area contributed by atoms with Crippen LogP contribution in [0.4, 0.5) is 11.4 Å². The summed E-state index contributed by atoms with van der Waals surface area (Å²) < 4.78 is 10.7. The maximum atomic E-state index is 12.7. The molecular weight excluding hydrogens is 382 g/mol. The molecule has 2 aromatic carbocycles. The van der Waals surface area contributed by atoms with E-state index in [0.717, 1.165) is 11.5 Å². The van der Waals surface area contributed by atoms with Gasteiger partial charge in [0.05, 0.1) is 31.5 Å². The molecule has 7 nitrogen and oxygen atoms in total. The van der Waals surface area contributed by atoms with Crippen LogP contribution in [0.25, 0.3) is 0 Å². The lowest BCUT2D eigenvalue weighted by atomic mass is 10.1. The number of furan rings is 1. The van der Waals surface area contributed by atoms with Crippen molar-refractivity contribution in [1.29, 1.82) is 0 Å². The number of amides is 2. The predicted molar refractivity (Wildman–Crippen MR) is 116 cm³/mol. The number of aryl methyl sites for hydroxylation is 1. The number of nitrogens with zero attached hydrogens (tertiary/aromatic N) is 1. The van der Waals surface area contributed by atoms with Gasteiger partial charge < -0.3 is 19.8 Å². The number of methoxy groups -OCH3 is 1. The highest BCUT2D eigenvalue weighted by molar-refractivity contribution is 6.10. The molecule has 1 heterocycles. The average Bonchev–Trinajstić information content (AvgIpc) is 3.13. The number of hydrogen-bond acceptors (Lipinski definition) is 5. The van der Waals surface area contributed by atoms with E-state index < -0.39 is 0 Å². The second kappa shape index (κ2) is 9.76. The predicted octanol–water partition coefficient (Wildman–Crippen LogP) is 3.92. The quantitative estimate of drug-likeness (QED) is 0.591. The van der Waals surface area contributed by atoms with Crippen molar-refractivity contribution in [2.24, 2.45) is 0 Å². The largest absolute Gasteiger partial charge is 0.497 e. The monoisotopic (exact) mass is 407 g/mol. The van der Waals surface area contributed by atoms with Crippen LogP contribution >= 0.6 is 0 Å². The van der Waals surface area contributed by atoms with Gasteiger partial charge in [-0.1, -0.05) is 12.1 Å². The minimum atomic E-state index is -0.310. The van der Waals surface area contributed by atoms with Crippen LogP contribution in [0.3, 0.4) is 0 Å². The Labute approximate surface area is 175 Å². The zero-order valence-corrected chi connectivity index (χ0v) is 17.3. The molecule has 3 aromatic rings. The van der Waals surface area contributed by atoms with Crippen molar-refractivity contribution >= 4 is 23.2 Å². The van der Waals surface area contributed by atoms with Gasteiger partial charge >= 0.3 is 0 Å². The molecule has 0 bridgehead atoms.